The first-order valence-electron chi connectivity index (χ1n) is 7.82. The lowest BCUT2D eigenvalue weighted by molar-refractivity contribution is 0.0686. The van der Waals surface area contributed by atoms with Crippen molar-refractivity contribution in [2.75, 3.05) is 7.05 Å². The molecule has 1 N–H and O–H groups in total. The van der Waals surface area contributed by atoms with Crippen molar-refractivity contribution < 1.29 is 9.18 Å². The van der Waals surface area contributed by atoms with Gasteiger partial charge in [-0.3, -0.25) is 4.79 Å². The molecule has 2 unspecified atom stereocenters. The number of nitrogens with zero attached hydrogens (tertiary/aromatic N) is 1. The van der Waals surface area contributed by atoms with Crippen LogP contribution in [0.4, 0.5) is 4.39 Å². The lowest BCUT2D eigenvalue weighted by Gasteiger charge is -2.35. The van der Waals surface area contributed by atoms with Crippen molar-refractivity contribution in [3.8, 4) is 0 Å². The van der Waals surface area contributed by atoms with E-state index in [4.69, 9.17) is 0 Å². The van der Waals surface area contributed by atoms with Gasteiger partial charge >= 0.3 is 0 Å². The summed E-state index contributed by atoms with van der Waals surface area (Å²) in [5.41, 5.74) is 0. The lowest BCUT2D eigenvalue weighted by atomic mass is 9.98. The van der Waals surface area contributed by atoms with E-state index in [1.807, 2.05) is 18.0 Å². The third-order valence-corrected chi connectivity index (χ3v) is 6.11. The molecule has 2 aliphatic heterocycles. The van der Waals surface area contributed by atoms with E-state index in [2.05, 4.69) is 5.32 Å². The summed E-state index contributed by atoms with van der Waals surface area (Å²) in [6.07, 6.45) is 4.53. The fourth-order valence-electron chi connectivity index (χ4n) is 3.80. The number of thiophene rings is 1. The Balaban J connectivity index is 1.56. The van der Waals surface area contributed by atoms with E-state index in [-0.39, 0.29) is 11.7 Å². The maximum absolute atomic E-state index is 13.3. The molecule has 22 heavy (non-hydrogen) atoms. The van der Waals surface area contributed by atoms with Gasteiger partial charge < -0.3 is 10.2 Å². The smallest absolute Gasteiger partial charge is 0.263 e. The van der Waals surface area contributed by atoms with Crippen molar-refractivity contribution in [3.63, 3.8) is 0 Å². The van der Waals surface area contributed by atoms with Gasteiger partial charge in [0.05, 0.1) is 4.88 Å². The standard InChI is InChI=1S/C17H19FN2OS/c1-20(14-8-12-3-4-13(9-14)19-12)17(21)16-7-10-6-11(18)2-5-15(10)22-16/h2,5-7,12-14,19H,3-4,8-9H2,1H3. The molecule has 2 bridgehead atoms. The van der Waals surface area contributed by atoms with Crippen molar-refractivity contribution in [3.05, 3.63) is 35.0 Å². The van der Waals surface area contributed by atoms with E-state index < -0.39 is 0 Å². The number of piperidine rings is 1. The van der Waals surface area contributed by atoms with Gasteiger partial charge in [-0.15, -0.1) is 11.3 Å². The molecule has 4 rings (SSSR count). The Bertz CT molecular complexity index is 717. The zero-order valence-electron chi connectivity index (χ0n) is 12.5. The first-order valence-corrected chi connectivity index (χ1v) is 8.64. The first kappa shape index (κ1) is 14.2. The third-order valence-electron chi connectivity index (χ3n) is 5.01. The fraction of sp³-hybridized carbons (Fsp3) is 0.471. The molecule has 2 aliphatic rings. The highest BCUT2D eigenvalue weighted by atomic mass is 32.1. The van der Waals surface area contributed by atoms with Crippen LogP contribution in [0.25, 0.3) is 10.1 Å². The SMILES string of the molecule is CN(C(=O)c1cc2cc(F)ccc2s1)C1CC2CCC(C1)N2. The molecule has 1 aromatic carbocycles. The van der Waals surface area contributed by atoms with Crippen LogP contribution in [0.3, 0.4) is 0 Å². The van der Waals surface area contributed by atoms with E-state index >= 15 is 0 Å². The molecule has 116 valence electrons. The van der Waals surface area contributed by atoms with Gasteiger partial charge in [0.25, 0.3) is 5.91 Å². The number of carbonyl (C=O) groups excluding carboxylic acids is 1. The van der Waals surface area contributed by atoms with Crippen LogP contribution >= 0.6 is 11.3 Å². The maximum atomic E-state index is 13.3. The van der Waals surface area contributed by atoms with Crippen LogP contribution in [-0.4, -0.2) is 36.0 Å². The highest BCUT2D eigenvalue weighted by Gasteiger charge is 2.36. The molecule has 0 radical (unpaired) electrons. The van der Waals surface area contributed by atoms with Crippen LogP contribution in [0.2, 0.25) is 0 Å². The van der Waals surface area contributed by atoms with Gasteiger partial charge in [-0.05, 0) is 55.3 Å². The molecule has 0 spiro atoms. The molecule has 1 aromatic heterocycles. The van der Waals surface area contributed by atoms with Crippen LogP contribution in [0.1, 0.15) is 35.4 Å². The molecule has 3 heterocycles. The lowest BCUT2D eigenvalue weighted by Crippen LogP contribution is -2.48. The number of rotatable bonds is 2. The summed E-state index contributed by atoms with van der Waals surface area (Å²) in [6, 6.07) is 7.95. The second-order valence-corrected chi connectivity index (χ2v) is 7.56. The predicted octanol–water partition coefficient (Wildman–Crippen LogP) is 3.40. The second-order valence-electron chi connectivity index (χ2n) is 6.47. The quantitative estimate of drug-likeness (QED) is 0.920. The van der Waals surface area contributed by atoms with Crippen LogP contribution in [0, 0.1) is 5.82 Å². The minimum absolute atomic E-state index is 0.0629. The van der Waals surface area contributed by atoms with E-state index in [0.29, 0.717) is 23.0 Å². The molecular formula is C17H19FN2OS. The first-order chi connectivity index (χ1) is 10.6. The summed E-state index contributed by atoms with van der Waals surface area (Å²) in [6.45, 7) is 0. The maximum Gasteiger partial charge on any atom is 0.263 e. The number of halogens is 1. The number of fused-ring (bicyclic) bond motifs is 3. The van der Waals surface area contributed by atoms with Gasteiger partial charge in [0.15, 0.2) is 0 Å². The van der Waals surface area contributed by atoms with Gasteiger partial charge in [-0.1, -0.05) is 0 Å². The van der Waals surface area contributed by atoms with Crippen molar-refractivity contribution in [1.82, 2.24) is 10.2 Å². The molecule has 2 aromatic rings. The Morgan fingerprint density at radius 3 is 2.73 bits per heavy atom. The Kier molecular flexibility index (Phi) is 3.42. The molecule has 0 aliphatic carbocycles. The number of amides is 1. The summed E-state index contributed by atoms with van der Waals surface area (Å²) in [7, 11) is 1.91. The van der Waals surface area contributed by atoms with E-state index in [1.165, 1.54) is 36.3 Å². The number of hydrogen-bond donors (Lipinski definition) is 1. The summed E-state index contributed by atoms with van der Waals surface area (Å²) in [4.78, 5) is 15.4. The van der Waals surface area contributed by atoms with Gasteiger partial charge in [0, 0.05) is 29.9 Å². The number of hydrogen-bond acceptors (Lipinski definition) is 3. The van der Waals surface area contributed by atoms with E-state index in [9.17, 15) is 9.18 Å². The number of nitrogens with one attached hydrogen (secondary N) is 1. The topological polar surface area (TPSA) is 32.3 Å². The Morgan fingerprint density at radius 2 is 2.00 bits per heavy atom. The average Bonchev–Trinajstić information content (AvgIpc) is 3.08. The Labute approximate surface area is 133 Å². The molecule has 2 fully saturated rings. The average molecular weight is 318 g/mol. The summed E-state index contributed by atoms with van der Waals surface area (Å²) >= 11 is 1.45. The van der Waals surface area contributed by atoms with Gasteiger partial charge in [-0.2, -0.15) is 0 Å². The van der Waals surface area contributed by atoms with Crippen LogP contribution < -0.4 is 5.32 Å². The van der Waals surface area contributed by atoms with Crippen molar-refractivity contribution in [2.24, 2.45) is 0 Å². The molecule has 1 amide bonds. The molecule has 0 saturated carbocycles. The zero-order chi connectivity index (χ0) is 15.3. The molecular weight excluding hydrogens is 299 g/mol. The minimum atomic E-state index is -0.257. The molecule has 3 nitrogen and oxygen atoms in total. The predicted molar refractivity (Wildman–Crippen MR) is 86.8 cm³/mol. The summed E-state index contributed by atoms with van der Waals surface area (Å²) < 4.78 is 14.3. The molecule has 2 saturated heterocycles. The monoisotopic (exact) mass is 318 g/mol. The van der Waals surface area contributed by atoms with Crippen LogP contribution in [0.15, 0.2) is 24.3 Å². The van der Waals surface area contributed by atoms with Gasteiger partial charge in [-0.25, -0.2) is 4.39 Å². The third kappa shape index (κ3) is 2.42. The summed E-state index contributed by atoms with van der Waals surface area (Å²) in [5, 5.41) is 4.42. The highest BCUT2D eigenvalue weighted by molar-refractivity contribution is 7.20. The Morgan fingerprint density at radius 1 is 1.27 bits per heavy atom. The molecule has 2 atom stereocenters. The normalized spacial score (nSPS) is 27.3. The van der Waals surface area contributed by atoms with E-state index in [1.54, 1.807) is 6.07 Å². The van der Waals surface area contributed by atoms with E-state index in [0.717, 1.165) is 22.9 Å². The van der Waals surface area contributed by atoms with Gasteiger partial charge in [0.2, 0.25) is 0 Å². The van der Waals surface area contributed by atoms with Crippen molar-refractivity contribution in [1.29, 1.82) is 0 Å². The summed E-state index contributed by atoms with van der Waals surface area (Å²) in [5.74, 6) is -0.194. The van der Waals surface area contributed by atoms with Crippen molar-refractivity contribution >= 4 is 27.3 Å². The highest BCUT2D eigenvalue weighted by Crippen LogP contribution is 2.32. The largest absolute Gasteiger partial charge is 0.338 e. The van der Waals surface area contributed by atoms with Crippen LogP contribution in [0.5, 0.6) is 0 Å². The number of benzene rings is 1. The number of carbonyl (C=O) groups is 1. The van der Waals surface area contributed by atoms with Gasteiger partial charge in [0.1, 0.15) is 5.82 Å². The molecule has 5 heteroatoms. The van der Waals surface area contributed by atoms with Crippen molar-refractivity contribution in [2.45, 2.75) is 43.8 Å². The minimum Gasteiger partial charge on any atom is -0.338 e. The second kappa shape index (κ2) is 5.32. The zero-order valence-corrected chi connectivity index (χ0v) is 13.3. The fourth-order valence-corrected chi connectivity index (χ4v) is 4.83. The van der Waals surface area contributed by atoms with Crippen LogP contribution in [-0.2, 0) is 0 Å². The Hall–Kier alpha value is -1.46.